The molecule has 1 fully saturated rings. The normalized spacial score (nSPS) is 15.1. The minimum absolute atomic E-state index is 0. The van der Waals surface area contributed by atoms with Gasteiger partial charge in [-0.3, -0.25) is 4.79 Å². The smallest absolute Gasteiger partial charge is 0.258 e. The molecule has 4 nitrogen and oxygen atoms in total. The number of amides is 1. The molecule has 0 bridgehead atoms. The lowest BCUT2D eigenvalue weighted by Gasteiger charge is -2.21. The molecule has 0 atom stereocenters. The van der Waals surface area contributed by atoms with Crippen molar-refractivity contribution in [2.75, 3.05) is 6.61 Å². The van der Waals surface area contributed by atoms with Gasteiger partial charge in [-0.2, -0.15) is 0 Å². The first kappa shape index (κ1) is 19.8. The van der Waals surface area contributed by atoms with Gasteiger partial charge in [0.1, 0.15) is 5.75 Å². The summed E-state index contributed by atoms with van der Waals surface area (Å²) in [5.41, 5.74) is 0.877. The maximum Gasteiger partial charge on any atom is 0.258 e. The van der Waals surface area contributed by atoms with Gasteiger partial charge in [0.05, 0.1) is 0 Å². The summed E-state index contributed by atoms with van der Waals surface area (Å²) in [7, 11) is 0. The second-order valence-electron chi connectivity index (χ2n) is 7.06. The second kappa shape index (κ2) is 9.14. The molecule has 0 aliphatic heterocycles. The summed E-state index contributed by atoms with van der Waals surface area (Å²) in [6, 6.07) is 8.55. The Morgan fingerprint density at radius 2 is 1.87 bits per heavy atom. The predicted octanol–water partition coefficient (Wildman–Crippen LogP) is 3.43. The topological polar surface area (TPSA) is 50.4 Å². The summed E-state index contributed by atoms with van der Waals surface area (Å²) in [6.45, 7) is 6.73. The molecule has 1 amide bonds. The average Bonchev–Trinajstić information content (AvgIpc) is 2.95. The molecule has 0 saturated heterocycles. The Hall–Kier alpha value is -1.26. The Labute approximate surface area is 145 Å². The summed E-state index contributed by atoms with van der Waals surface area (Å²) in [6.07, 6.45) is 5.17. The van der Waals surface area contributed by atoms with E-state index in [2.05, 4.69) is 16.7 Å². The van der Waals surface area contributed by atoms with Crippen LogP contribution in [0, 0.1) is 0 Å². The molecule has 0 radical (unpaired) electrons. The van der Waals surface area contributed by atoms with Gasteiger partial charge in [-0.1, -0.05) is 31.0 Å². The van der Waals surface area contributed by atoms with E-state index in [1.807, 2.05) is 39.0 Å². The lowest BCUT2D eigenvalue weighted by atomic mass is 10.1. The van der Waals surface area contributed by atoms with Crippen molar-refractivity contribution in [3.8, 4) is 5.75 Å². The maximum atomic E-state index is 11.9. The summed E-state index contributed by atoms with van der Waals surface area (Å²) < 4.78 is 5.71. The Morgan fingerprint density at radius 1 is 1.22 bits per heavy atom. The van der Waals surface area contributed by atoms with E-state index in [9.17, 15) is 4.79 Å². The summed E-state index contributed by atoms with van der Waals surface area (Å²) in [5.74, 6) is 0.697. The van der Waals surface area contributed by atoms with Crippen LogP contribution in [0.2, 0.25) is 0 Å². The molecule has 2 rings (SSSR count). The van der Waals surface area contributed by atoms with E-state index >= 15 is 0 Å². The van der Waals surface area contributed by atoms with E-state index < -0.39 is 0 Å². The number of ether oxygens (including phenoxy) is 1. The minimum Gasteiger partial charge on any atom is -0.483 e. The fourth-order valence-electron chi connectivity index (χ4n) is 2.77. The van der Waals surface area contributed by atoms with E-state index in [0.29, 0.717) is 6.04 Å². The Balaban J connectivity index is 0.00000264. The van der Waals surface area contributed by atoms with Crippen LogP contribution in [-0.2, 0) is 11.3 Å². The highest BCUT2D eigenvalue weighted by atomic mass is 35.5. The Bertz CT molecular complexity index is 494. The molecule has 130 valence electrons. The van der Waals surface area contributed by atoms with Crippen molar-refractivity contribution in [3.63, 3.8) is 0 Å². The first-order chi connectivity index (χ1) is 10.4. The van der Waals surface area contributed by atoms with Gasteiger partial charge in [0, 0.05) is 23.7 Å². The zero-order valence-corrected chi connectivity index (χ0v) is 15.2. The molecule has 2 N–H and O–H groups in total. The number of hydrogen-bond acceptors (Lipinski definition) is 3. The van der Waals surface area contributed by atoms with Gasteiger partial charge in [0.2, 0.25) is 0 Å². The van der Waals surface area contributed by atoms with Crippen LogP contribution in [0.4, 0.5) is 0 Å². The first-order valence-corrected chi connectivity index (χ1v) is 8.19. The van der Waals surface area contributed by atoms with Gasteiger partial charge >= 0.3 is 0 Å². The molecule has 1 aliphatic carbocycles. The van der Waals surface area contributed by atoms with Crippen molar-refractivity contribution >= 4 is 18.3 Å². The number of hydrogen-bond donors (Lipinski definition) is 2. The van der Waals surface area contributed by atoms with Crippen molar-refractivity contribution in [3.05, 3.63) is 29.8 Å². The SMILES string of the molecule is CC(C)(C)NC(=O)COc1ccccc1CNC1CCCC1.Cl. The van der Waals surface area contributed by atoms with Gasteiger partial charge in [-0.05, 0) is 39.7 Å². The minimum atomic E-state index is -0.232. The zero-order chi connectivity index (χ0) is 16.0. The van der Waals surface area contributed by atoms with Gasteiger partial charge in [-0.15, -0.1) is 12.4 Å². The van der Waals surface area contributed by atoms with E-state index in [4.69, 9.17) is 4.74 Å². The molecular formula is C18H29ClN2O2. The van der Waals surface area contributed by atoms with Gasteiger partial charge in [0.25, 0.3) is 5.91 Å². The van der Waals surface area contributed by atoms with Crippen molar-refractivity contribution in [1.29, 1.82) is 0 Å². The third-order valence-corrected chi connectivity index (χ3v) is 3.78. The molecular weight excluding hydrogens is 312 g/mol. The highest BCUT2D eigenvalue weighted by Crippen LogP contribution is 2.21. The van der Waals surface area contributed by atoms with Gasteiger partial charge in [-0.25, -0.2) is 0 Å². The highest BCUT2D eigenvalue weighted by Gasteiger charge is 2.16. The van der Waals surface area contributed by atoms with Crippen LogP contribution in [0.25, 0.3) is 0 Å². The van der Waals surface area contributed by atoms with Gasteiger partial charge in [0.15, 0.2) is 6.61 Å². The molecule has 1 aromatic rings. The van der Waals surface area contributed by atoms with Crippen molar-refractivity contribution in [2.45, 2.75) is 64.6 Å². The van der Waals surface area contributed by atoms with E-state index in [0.717, 1.165) is 17.9 Å². The fraction of sp³-hybridized carbons (Fsp3) is 0.611. The summed E-state index contributed by atoms with van der Waals surface area (Å²) in [5, 5.41) is 6.49. The van der Waals surface area contributed by atoms with Crippen molar-refractivity contribution in [2.24, 2.45) is 0 Å². The number of halogens is 1. The lowest BCUT2D eigenvalue weighted by Crippen LogP contribution is -2.43. The Morgan fingerprint density at radius 3 is 2.52 bits per heavy atom. The van der Waals surface area contributed by atoms with Gasteiger partial charge < -0.3 is 15.4 Å². The molecule has 23 heavy (non-hydrogen) atoms. The van der Waals surface area contributed by atoms with E-state index in [1.54, 1.807) is 0 Å². The summed E-state index contributed by atoms with van der Waals surface area (Å²) in [4.78, 5) is 11.9. The number of nitrogens with one attached hydrogen (secondary N) is 2. The second-order valence-corrected chi connectivity index (χ2v) is 7.06. The molecule has 0 aromatic heterocycles. The maximum absolute atomic E-state index is 11.9. The number of carbonyl (C=O) groups is 1. The van der Waals surface area contributed by atoms with Crippen LogP contribution in [0.15, 0.2) is 24.3 Å². The molecule has 0 heterocycles. The highest BCUT2D eigenvalue weighted by molar-refractivity contribution is 5.85. The van der Waals surface area contributed by atoms with E-state index in [-0.39, 0.29) is 30.5 Å². The number of para-hydroxylation sites is 1. The van der Waals surface area contributed by atoms with Crippen molar-refractivity contribution < 1.29 is 9.53 Å². The molecule has 1 aromatic carbocycles. The number of rotatable bonds is 6. The Kier molecular flexibility index (Phi) is 7.86. The lowest BCUT2D eigenvalue weighted by molar-refractivity contribution is -0.124. The fourth-order valence-corrected chi connectivity index (χ4v) is 2.77. The molecule has 5 heteroatoms. The molecule has 1 saturated carbocycles. The molecule has 1 aliphatic rings. The molecule has 0 unspecified atom stereocenters. The average molecular weight is 341 g/mol. The van der Waals surface area contributed by atoms with Crippen LogP contribution in [-0.4, -0.2) is 24.1 Å². The quantitative estimate of drug-likeness (QED) is 0.834. The van der Waals surface area contributed by atoms with Crippen LogP contribution in [0.5, 0.6) is 5.75 Å². The monoisotopic (exact) mass is 340 g/mol. The first-order valence-electron chi connectivity index (χ1n) is 8.19. The summed E-state index contributed by atoms with van der Waals surface area (Å²) >= 11 is 0. The predicted molar refractivity (Wildman–Crippen MR) is 96.2 cm³/mol. The van der Waals surface area contributed by atoms with Crippen LogP contribution < -0.4 is 15.4 Å². The third-order valence-electron chi connectivity index (χ3n) is 3.78. The number of carbonyl (C=O) groups excluding carboxylic acids is 1. The standard InChI is InChI=1S/C18H28N2O2.ClH/c1-18(2,3)20-17(21)13-22-16-11-7-4-8-14(16)12-19-15-9-5-6-10-15;/h4,7-8,11,15,19H,5-6,9-10,12-13H2,1-3H3,(H,20,21);1H. The van der Waals surface area contributed by atoms with Crippen LogP contribution >= 0.6 is 12.4 Å². The third kappa shape index (κ3) is 7.23. The van der Waals surface area contributed by atoms with E-state index in [1.165, 1.54) is 25.7 Å². The van der Waals surface area contributed by atoms with Crippen LogP contribution in [0.1, 0.15) is 52.0 Å². The molecule has 0 spiro atoms. The zero-order valence-electron chi connectivity index (χ0n) is 14.4. The number of benzene rings is 1. The largest absolute Gasteiger partial charge is 0.483 e. The van der Waals surface area contributed by atoms with Crippen molar-refractivity contribution in [1.82, 2.24) is 10.6 Å². The van der Waals surface area contributed by atoms with Crippen LogP contribution in [0.3, 0.4) is 0 Å².